The average Bonchev–Trinajstić information content (AvgIpc) is 2.61. The van der Waals surface area contributed by atoms with Gasteiger partial charge in [-0.2, -0.15) is 0 Å². The zero-order valence-corrected chi connectivity index (χ0v) is 11.0. The van der Waals surface area contributed by atoms with E-state index in [-0.39, 0.29) is 11.6 Å². The first kappa shape index (κ1) is 12.7. The number of hydrogen-bond acceptors (Lipinski definition) is 3. The van der Waals surface area contributed by atoms with Crippen LogP contribution in [0, 0.1) is 0 Å². The van der Waals surface area contributed by atoms with Gasteiger partial charge >= 0.3 is 5.97 Å². The van der Waals surface area contributed by atoms with Crippen LogP contribution in [0.25, 0.3) is 6.08 Å². The quantitative estimate of drug-likeness (QED) is 0.607. The Morgan fingerprint density at radius 3 is 3.00 bits per heavy atom. The fraction of sp³-hybridized carbons (Fsp3) is 0.400. The van der Waals surface area contributed by atoms with Gasteiger partial charge in [0.15, 0.2) is 0 Å². The maximum Gasteiger partial charge on any atom is 0.330 e. The third-order valence-electron chi connectivity index (χ3n) is 2.81. The minimum Gasteiger partial charge on any atom is -0.487 e. The molecule has 18 heavy (non-hydrogen) atoms. The van der Waals surface area contributed by atoms with Gasteiger partial charge in [0, 0.05) is 18.1 Å². The SMILES string of the molecule is CCOC(=O)/C=C/c1cccc2c1OC(C)(C)C2. The second kappa shape index (κ2) is 4.84. The second-order valence-corrected chi connectivity index (χ2v) is 4.96. The molecule has 1 heterocycles. The normalized spacial score (nSPS) is 16.4. The van der Waals surface area contributed by atoms with Crippen LogP contribution in [0.4, 0.5) is 0 Å². The summed E-state index contributed by atoms with van der Waals surface area (Å²) >= 11 is 0. The Bertz CT molecular complexity index is 487. The summed E-state index contributed by atoms with van der Waals surface area (Å²) in [5.41, 5.74) is 1.94. The molecule has 0 saturated heterocycles. The minimum absolute atomic E-state index is 0.170. The molecule has 1 aromatic carbocycles. The van der Waals surface area contributed by atoms with Crippen LogP contribution >= 0.6 is 0 Å². The van der Waals surface area contributed by atoms with Crippen molar-refractivity contribution in [1.82, 2.24) is 0 Å². The van der Waals surface area contributed by atoms with Gasteiger partial charge < -0.3 is 9.47 Å². The van der Waals surface area contributed by atoms with E-state index in [1.165, 1.54) is 11.6 Å². The molecule has 3 nitrogen and oxygen atoms in total. The highest BCUT2D eigenvalue weighted by molar-refractivity contribution is 5.87. The van der Waals surface area contributed by atoms with Crippen LogP contribution in [0.2, 0.25) is 0 Å². The number of carbonyl (C=O) groups is 1. The highest BCUT2D eigenvalue weighted by Crippen LogP contribution is 2.37. The van der Waals surface area contributed by atoms with E-state index in [0.717, 1.165) is 17.7 Å². The summed E-state index contributed by atoms with van der Waals surface area (Å²) < 4.78 is 10.8. The molecule has 0 bridgehead atoms. The molecule has 0 aromatic heterocycles. The monoisotopic (exact) mass is 246 g/mol. The summed E-state index contributed by atoms with van der Waals surface area (Å²) in [6.07, 6.45) is 4.08. The number of rotatable bonds is 3. The molecular formula is C15H18O3. The van der Waals surface area contributed by atoms with Crippen molar-refractivity contribution in [3.63, 3.8) is 0 Å². The molecule has 0 atom stereocenters. The molecule has 0 N–H and O–H groups in total. The molecule has 1 aromatic rings. The van der Waals surface area contributed by atoms with E-state index in [0.29, 0.717) is 6.61 Å². The highest BCUT2D eigenvalue weighted by Gasteiger charge is 2.30. The van der Waals surface area contributed by atoms with Crippen molar-refractivity contribution in [3.05, 3.63) is 35.4 Å². The standard InChI is InChI=1S/C15H18O3/c1-4-17-13(16)9-8-11-6-5-7-12-10-15(2,3)18-14(11)12/h5-9H,4,10H2,1-3H3/b9-8+. The first-order chi connectivity index (χ1) is 8.52. The van der Waals surface area contributed by atoms with Crippen LogP contribution in [0.15, 0.2) is 24.3 Å². The summed E-state index contributed by atoms with van der Waals surface area (Å²) in [5.74, 6) is 0.551. The Balaban J connectivity index is 2.22. The number of hydrogen-bond donors (Lipinski definition) is 0. The van der Waals surface area contributed by atoms with E-state index in [9.17, 15) is 4.79 Å². The third kappa shape index (κ3) is 2.73. The number of ether oxygens (including phenoxy) is 2. The zero-order valence-electron chi connectivity index (χ0n) is 11.0. The van der Waals surface area contributed by atoms with Crippen molar-refractivity contribution in [2.24, 2.45) is 0 Å². The van der Waals surface area contributed by atoms with Gasteiger partial charge in [-0.05, 0) is 32.4 Å². The summed E-state index contributed by atoms with van der Waals surface area (Å²) in [6.45, 7) is 6.30. The van der Waals surface area contributed by atoms with E-state index in [4.69, 9.17) is 9.47 Å². The van der Waals surface area contributed by atoms with E-state index in [1.807, 2.05) is 12.1 Å². The minimum atomic E-state index is -0.327. The lowest BCUT2D eigenvalue weighted by Crippen LogP contribution is -2.24. The van der Waals surface area contributed by atoms with E-state index < -0.39 is 0 Å². The van der Waals surface area contributed by atoms with Crippen LogP contribution < -0.4 is 4.74 Å². The van der Waals surface area contributed by atoms with Gasteiger partial charge in [-0.1, -0.05) is 18.2 Å². The van der Waals surface area contributed by atoms with Crippen molar-refractivity contribution in [2.75, 3.05) is 6.61 Å². The Hall–Kier alpha value is -1.77. The summed E-state index contributed by atoms with van der Waals surface area (Å²) in [5, 5.41) is 0. The van der Waals surface area contributed by atoms with Gasteiger partial charge in [-0.15, -0.1) is 0 Å². The number of carbonyl (C=O) groups excluding carboxylic acids is 1. The molecule has 3 heteroatoms. The van der Waals surface area contributed by atoms with Gasteiger partial charge in [0.2, 0.25) is 0 Å². The molecule has 0 spiro atoms. The first-order valence-electron chi connectivity index (χ1n) is 6.17. The van der Waals surface area contributed by atoms with Crippen molar-refractivity contribution in [1.29, 1.82) is 0 Å². The lowest BCUT2D eigenvalue weighted by molar-refractivity contribution is -0.137. The number of fused-ring (bicyclic) bond motifs is 1. The topological polar surface area (TPSA) is 35.5 Å². The number of benzene rings is 1. The summed E-state index contributed by atoms with van der Waals surface area (Å²) in [6, 6.07) is 5.98. The van der Waals surface area contributed by atoms with Crippen molar-refractivity contribution in [3.8, 4) is 5.75 Å². The Kier molecular flexibility index (Phi) is 3.41. The zero-order chi connectivity index (χ0) is 13.2. The predicted molar refractivity (Wildman–Crippen MR) is 70.5 cm³/mol. The summed E-state index contributed by atoms with van der Waals surface area (Å²) in [4.78, 5) is 11.3. The summed E-state index contributed by atoms with van der Waals surface area (Å²) in [7, 11) is 0. The van der Waals surface area contributed by atoms with Crippen LogP contribution in [0.3, 0.4) is 0 Å². The fourth-order valence-corrected chi connectivity index (χ4v) is 2.12. The molecule has 0 radical (unpaired) electrons. The molecule has 1 aliphatic heterocycles. The molecule has 1 aliphatic rings. The molecule has 96 valence electrons. The van der Waals surface area contributed by atoms with E-state index in [2.05, 4.69) is 19.9 Å². The van der Waals surface area contributed by atoms with Gasteiger partial charge in [0.1, 0.15) is 11.4 Å². The van der Waals surface area contributed by atoms with Crippen molar-refractivity contribution >= 4 is 12.0 Å². The van der Waals surface area contributed by atoms with Crippen molar-refractivity contribution in [2.45, 2.75) is 32.8 Å². The molecule has 2 rings (SSSR count). The van der Waals surface area contributed by atoms with Crippen LogP contribution in [-0.2, 0) is 16.0 Å². The predicted octanol–water partition coefficient (Wildman–Crippen LogP) is 2.98. The van der Waals surface area contributed by atoms with Gasteiger partial charge in [-0.3, -0.25) is 0 Å². The molecule has 0 fully saturated rings. The Morgan fingerprint density at radius 2 is 2.28 bits per heavy atom. The maximum absolute atomic E-state index is 11.3. The van der Waals surface area contributed by atoms with Gasteiger partial charge in [0.05, 0.1) is 6.61 Å². The average molecular weight is 246 g/mol. The molecule has 0 amide bonds. The van der Waals surface area contributed by atoms with E-state index in [1.54, 1.807) is 13.0 Å². The first-order valence-corrected chi connectivity index (χ1v) is 6.17. The smallest absolute Gasteiger partial charge is 0.330 e. The second-order valence-electron chi connectivity index (χ2n) is 4.96. The van der Waals surface area contributed by atoms with E-state index >= 15 is 0 Å². The van der Waals surface area contributed by atoms with Crippen molar-refractivity contribution < 1.29 is 14.3 Å². The molecule has 0 saturated carbocycles. The molecular weight excluding hydrogens is 228 g/mol. The fourth-order valence-electron chi connectivity index (χ4n) is 2.12. The Morgan fingerprint density at radius 1 is 1.50 bits per heavy atom. The lowest BCUT2D eigenvalue weighted by atomic mass is 10.0. The highest BCUT2D eigenvalue weighted by atomic mass is 16.5. The number of para-hydroxylation sites is 1. The van der Waals surface area contributed by atoms with Crippen LogP contribution in [0.5, 0.6) is 5.75 Å². The lowest BCUT2D eigenvalue weighted by Gasteiger charge is -2.17. The maximum atomic E-state index is 11.3. The third-order valence-corrected chi connectivity index (χ3v) is 2.81. The van der Waals surface area contributed by atoms with Gasteiger partial charge in [-0.25, -0.2) is 4.79 Å². The largest absolute Gasteiger partial charge is 0.487 e. The van der Waals surface area contributed by atoms with Crippen LogP contribution in [-0.4, -0.2) is 18.2 Å². The Labute approximate surface area is 107 Å². The molecule has 0 unspecified atom stereocenters. The van der Waals surface area contributed by atoms with Gasteiger partial charge in [0.25, 0.3) is 0 Å². The molecule has 0 aliphatic carbocycles. The van der Waals surface area contributed by atoms with Crippen LogP contribution in [0.1, 0.15) is 31.9 Å². The number of esters is 1.